The molecule has 174 valence electrons. The first kappa shape index (κ1) is 23.8. The number of hydrogen-bond donors (Lipinski definition) is 2. The molecule has 3 rings (SSSR count). The molecule has 32 heavy (non-hydrogen) atoms. The molecule has 6 nitrogen and oxygen atoms in total. The summed E-state index contributed by atoms with van der Waals surface area (Å²) in [4.78, 5) is 6.58. The quantitative estimate of drug-likeness (QED) is 0.480. The number of piperidine rings is 1. The molecule has 2 aromatic rings. The molecule has 1 heterocycles. The van der Waals surface area contributed by atoms with Crippen molar-refractivity contribution >= 4 is 5.96 Å². The van der Waals surface area contributed by atoms with Crippen LogP contribution in [0.3, 0.4) is 0 Å². The van der Waals surface area contributed by atoms with E-state index in [9.17, 15) is 8.78 Å². The zero-order chi connectivity index (χ0) is 22.9. The van der Waals surface area contributed by atoms with Gasteiger partial charge in [0.2, 0.25) is 0 Å². The smallest absolute Gasteiger partial charge is 0.191 e. The number of methoxy groups -OCH3 is 1. The van der Waals surface area contributed by atoms with Crippen molar-refractivity contribution in [2.45, 2.75) is 38.5 Å². The van der Waals surface area contributed by atoms with Crippen molar-refractivity contribution < 1.29 is 18.3 Å². The minimum atomic E-state index is -0.806. The number of hydrogen-bond acceptors (Lipinski definition) is 4. The van der Waals surface area contributed by atoms with Crippen LogP contribution in [0.25, 0.3) is 0 Å². The van der Waals surface area contributed by atoms with Gasteiger partial charge in [-0.3, -0.25) is 9.89 Å². The molecule has 0 amide bonds. The van der Waals surface area contributed by atoms with Gasteiger partial charge in [0, 0.05) is 32.7 Å². The van der Waals surface area contributed by atoms with Gasteiger partial charge >= 0.3 is 0 Å². The lowest BCUT2D eigenvalue weighted by atomic mass is 10.0. The van der Waals surface area contributed by atoms with Crippen LogP contribution in [0.4, 0.5) is 8.78 Å². The van der Waals surface area contributed by atoms with E-state index >= 15 is 0 Å². The van der Waals surface area contributed by atoms with Crippen molar-refractivity contribution in [2.75, 3.05) is 33.8 Å². The van der Waals surface area contributed by atoms with E-state index in [2.05, 4.69) is 20.5 Å². The molecule has 1 aliphatic rings. The van der Waals surface area contributed by atoms with E-state index in [1.165, 1.54) is 12.1 Å². The van der Waals surface area contributed by atoms with Gasteiger partial charge in [0.05, 0.1) is 13.7 Å². The third-order valence-electron chi connectivity index (χ3n) is 5.50. The molecule has 0 spiro atoms. The third kappa shape index (κ3) is 7.09. The Labute approximate surface area is 188 Å². The van der Waals surface area contributed by atoms with Gasteiger partial charge < -0.3 is 20.1 Å². The Hall–Kier alpha value is -2.87. The van der Waals surface area contributed by atoms with Gasteiger partial charge in [0.1, 0.15) is 17.6 Å². The lowest BCUT2D eigenvalue weighted by Gasteiger charge is -2.33. The summed E-state index contributed by atoms with van der Waals surface area (Å²) in [7, 11) is 3.39. The number of ether oxygens (including phenoxy) is 2. The molecule has 2 N–H and O–H groups in total. The second-order valence-electron chi connectivity index (χ2n) is 8.00. The van der Waals surface area contributed by atoms with Gasteiger partial charge in [0.15, 0.2) is 17.6 Å². The molecule has 0 saturated carbocycles. The number of guanidine groups is 1. The Bertz CT molecular complexity index is 884. The average Bonchev–Trinajstić information content (AvgIpc) is 2.80. The molecule has 0 radical (unpaired) electrons. The predicted octanol–water partition coefficient (Wildman–Crippen LogP) is 3.57. The SMILES string of the molecule is CN=C(NCC(C)Oc1ccc(OC)cc1)NC1CCN(Cc2ccc(F)c(F)c2)CC1. The van der Waals surface area contributed by atoms with Crippen molar-refractivity contribution in [3.05, 3.63) is 59.7 Å². The summed E-state index contributed by atoms with van der Waals surface area (Å²) in [5.41, 5.74) is 0.790. The number of likely N-dealkylation sites (tertiary alicyclic amines) is 1. The Morgan fingerprint density at radius 1 is 1.09 bits per heavy atom. The van der Waals surface area contributed by atoms with Crippen molar-refractivity contribution in [1.29, 1.82) is 0 Å². The average molecular weight is 447 g/mol. The zero-order valence-corrected chi connectivity index (χ0v) is 18.9. The fourth-order valence-electron chi connectivity index (χ4n) is 3.69. The van der Waals surface area contributed by atoms with E-state index in [1.54, 1.807) is 20.2 Å². The van der Waals surface area contributed by atoms with Gasteiger partial charge in [0.25, 0.3) is 0 Å². The van der Waals surface area contributed by atoms with Gasteiger partial charge in [-0.1, -0.05) is 6.07 Å². The Morgan fingerprint density at radius 2 is 1.78 bits per heavy atom. The first-order valence-electron chi connectivity index (χ1n) is 10.9. The van der Waals surface area contributed by atoms with Crippen LogP contribution in [0.2, 0.25) is 0 Å². The fourth-order valence-corrected chi connectivity index (χ4v) is 3.69. The van der Waals surface area contributed by atoms with E-state index in [0.717, 1.165) is 49.0 Å². The summed E-state index contributed by atoms with van der Waals surface area (Å²) in [6.07, 6.45) is 1.85. The van der Waals surface area contributed by atoms with Crippen molar-refractivity contribution in [3.63, 3.8) is 0 Å². The standard InChI is InChI=1S/C24H32F2N4O2/c1-17(32-21-7-5-20(31-3)6-8-21)15-28-24(27-2)29-19-10-12-30(13-11-19)16-18-4-9-22(25)23(26)14-18/h4-9,14,17,19H,10-13,15-16H2,1-3H3,(H2,27,28,29). The van der Waals surface area contributed by atoms with E-state index in [0.29, 0.717) is 19.1 Å². The minimum Gasteiger partial charge on any atom is -0.497 e. The highest BCUT2D eigenvalue weighted by Gasteiger charge is 2.20. The molecule has 0 aromatic heterocycles. The second-order valence-corrected chi connectivity index (χ2v) is 8.00. The second kappa shape index (κ2) is 11.7. The molecule has 2 aromatic carbocycles. The minimum absolute atomic E-state index is 0.0418. The molecule has 1 saturated heterocycles. The van der Waals surface area contributed by atoms with E-state index in [4.69, 9.17) is 9.47 Å². The molecule has 0 aliphatic carbocycles. The van der Waals surface area contributed by atoms with Crippen LogP contribution in [0.1, 0.15) is 25.3 Å². The van der Waals surface area contributed by atoms with Crippen LogP contribution in [-0.4, -0.2) is 56.8 Å². The first-order chi connectivity index (χ1) is 15.5. The maximum absolute atomic E-state index is 13.4. The van der Waals surface area contributed by atoms with Crippen molar-refractivity contribution in [3.8, 4) is 11.5 Å². The predicted molar refractivity (Wildman–Crippen MR) is 122 cm³/mol. The Balaban J connectivity index is 1.38. The topological polar surface area (TPSA) is 58.1 Å². The lowest BCUT2D eigenvalue weighted by molar-refractivity contribution is 0.197. The number of nitrogens with zero attached hydrogens (tertiary/aromatic N) is 2. The lowest BCUT2D eigenvalue weighted by Crippen LogP contribution is -2.49. The van der Waals surface area contributed by atoms with Crippen LogP contribution >= 0.6 is 0 Å². The van der Waals surface area contributed by atoms with Gasteiger partial charge in [-0.05, 0) is 61.7 Å². The first-order valence-corrected chi connectivity index (χ1v) is 10.9. The molecule has 8 heteroatoms. The highest BCUT2D eigenvalue weighted by Crippen LogP contribution is 2.18. The molecular formula is C24H32F2N4O2. The van der Waals surface area contributed by atoms with Crippen molar-refractivity contribution in [1.82, 2.24) is 15.5 Å². The van der Waals surface area contributed by atoms with Crippen LogP contribution in [0.15, 0.2) is 47.5 Å². The molecular weight excluding hydrogens is 414 g/mol. The maximum atomic E-state index is 13.4. The van der Waals surface area contributed by atoms with Crippen LogP contribution < -0.4 is 20.1 Å². The van der Waals surface area contributed by atoms with Gasteiger partial charge in [-0.15, -0.1) is 0 Å². The Morgan fingerprint density at radius 3 is 2.41 bits per heavy atom. The number of aliphatic imine (C=N–C) groups is 1. The Kier molecular flexibility index (Phi) is 8.67. The summed E-state index contributed by atoms with van der Waals surface area (Å²) in [5, 5.41) is 6.79. The highest BCUT2D eigenvalue weighted by atomic mass is 19.2. The van der Waals surface area contributed by atoms with Gasteiger partial charge in [-0.25, -0.2) is 8.78 Å². The highest BCUT2D eigenvalue weighted by molar-refractivity contribution is 5.80. The van der Waals surface area contributed by atoms with Crippen LogP contribution in [-0.2, 0) is 6.54 Å². The largest absolute Gasteiger partial charge is 0.497 e. The van der Waals surface area contributed by atoms with E-state index < -0.39 is 11.6 Å². The van der Waals surface area contributed by atoms with E-state index in [1.807, 2.05) is 31.2 Å². The van der Waals surface area contributed by atoms with Crippen LogP contribution in [0.5, 0.6) is 11.5 Å². The summed E-state index contributed by atoms with van der Waals surface area (Å²) in [5.74, 6) is 0.729. The molecule has 1 atom stereocenters. The number of nitrogens with one attached hydrogen (secondary N) is 2. The zero-order valence-electron chi connectivity index (χ0n) is 18.9. The summed E-state index contributed by atoms with van der Waals surface area (Å²) < 4.78 is 37.6. The summed E-state index contributed by atoms with van der Waals surface area (Å²) >= 11 is 0. The molecule has 0 bridgehead atoms. The number of benzene rings is 2. The molecule has 1 unspecified atom stereocenters. The van der Waals surface area contributed by atoms with Gasteiger partial charge in [-0.2, -0.15) is 0 Å². The monoisotopic (exact) mass is 446 g/mol. The number of halogens is 2. The summed E-state index contributed by atoms with van der Waals surface area (Å²) in [6, 6.07) is 11.9. The fraction of sp³-hybridized carbons (Fsp3) is 0.458. The van der Waals surface area contributed by atoms with Crippen molar-refractivity contribution in [2.24, 2.45) is 4.99 Å². The van der Waals surface area contributed by atoms with Crippen LogP contribution in [0, 0.1) is 11.6 Å². The summed E-state index contributed by atoms with van der Waals surface area (Å²) in [6.45, 7) is 4.99. The van der Waals surface area contributed by atoms with E-state index in [-0.39, 0.29) is 6.10 Å². The molecule has 1 aliphatic heterocycles. The normalized spacial score (nSPS) is 16.5. The third-order valence-corrected chi connectivity index (χ3v) is 5.50. The maximum Gasteiger partial charge on any atom is 0.191 e. The molecule has 1 fully saturated rings. The number of rotatable bonds is 8.